The number of hydrogen-bond acceptors (Lipinski definition) is 7. The molecule has 3 rings (SSSR count). The molecule has 0 radical (unpaired) electrons. The fourth-order valence-electron chi connectivity index (χ4n) is 4.52. The smallest absolute Gasteiger partial charge is 0.274 e. The average Bonchev–Trinajstić information content (AvgIpc) is 2.96. The number of carbonyl (C=O) groups is 5. The van der Waals surface area contributed by atoms with E-state index in [1.165, 1.54) is 19.3 Å². The van der Waals surface area contributed by atoms with Crippen LogP contribution >= 0.6 is 0 Å². The molecule has 12 nitrogen and oxygen atoms in total. The quantitative estimate of drug-likeness (QED) is 0.418. The van der Waals surface area contributed by atoms with E-state index in [0.717, 1.165) is 5.56 Å². The van der Waals surface area contributed by atoms with Crippen LogP contribution in [0.2, 0.25) is 0 Å². The van der Waals surface area contributed by atoms with Gasteiger partial charge in [-0.25, -0.2) is 4.98 Å². The Morgan fingerprint density at radius 2 is 1.64 bits per heavy atom. The van der Waals surface area contributed by atoms with Crippen LogP contribution in [0, 0.1) is 12.8 Å². The molecule has 12 heteroatoms. The van der Waals surface area contributed by atoms with Crippen LogP contribution in [0.5, 0.6) is 0 Å². The van der Waals surface area contributed by atoms with Crippen LogP contribution < -0.4 is 21.3 Å². The van der Waals surface area contributed by atoms with Crippen LogP contribution in [0.15, 0.2) is 42.7 Å². The van der Waals surface area contributed by atoms with Gasteiger partial charge in [0.25, 0.3) is 5.91 Å². The number of amides is 5. The highest BCUT2D eigenvalue weighted by atomic mass is 16.2. The van der Waals surface area contributed by atoms with E-state index in [1.807, 2.05) is 44.2 Å². The van der Waals surface area contributed by atoms with Crippen LogP contribution in [-0.2, 0) is 25.6 Å². The summed E-state index contributed by atoms with van der Waals surface area (Å²) in [6.07, 6.45) is 4.03. The van der Waals surface area contributed by atoms with E-state index in [0.29, 0.717) is 25.1 Å². The summed E-state index contributed by atoms with van der Waals surface area (Å²) in [4.78, 5) is 75.3. The fourth-order valence-corrected chi connectivity index (χ4v) is 4.52. The summed E-state index contributed by atoms with van der Waals surface area (Å²) in [5.41, 5.74) is 1.71. The van der Waals surface area contributed by atoms with Crippen LogP contribution in [0.4, 0.5) is 0 Å². The van der Waals surface area contributed by atoms with Crippen LogP contribution in [0.3, 0.4) is 0 Å². The van der Waals surface area contributed by atoms with E-state index in [4.69, 9.17) is 0 Å². The van der Waals surface area contributed by atoms with Gasteiger partial charge in [-0.05, 0) is 38.2 Å². The van der Waals surface area contributed by atoms with E-state index in [9.17, 15) is 24.0 Å². The third-order valence-electron chi connectivity index (χ3n) is 6.96. The molecule has 0 aliphatic carbocycles. The first-order valence-electron chi connectivity index (χ1n) is 14.3. The molecular formula is C30H41N7O5. The van der Waals surface area contributed by atoms with Gasteiger partial charge in [0.15, 0.2) is 0 Å². The highest BCUT2D eigenvalue weighted by Gasteiger charge is 2.29. The first-order chi connectivity index (χ1) is 20.0. The molecule has 1 aliphatic rings. The molecule has 2 heterocycles. The van der Waals surface area contributed by atoms with Crippen molar-refractivity contribution >= 4 is 29.5 Å². The van der Waals surface area contributed by atoms with Gasteiger partial charge in [0.1, 0.15) is 23.8 Å². The summed E-state index contributed by atoms with van der Waals surface area (Å²) in [5.74, 6) is -2.28. The molecule has 3 atom stereocenters. The largest absolute Gasteiger partial charge is 0.354 e. The predicted octanol–water partition coefficient (Wildman–Crippen LogP) is 0.900. The molecule has 0 bridgehead atoms. The minimum absolute atomic E-state index is 0.0742. The Hall–Kier alpha value is -4.35. The maximum absolute atomic E-state index is 13.3. The molecule has 4 N–H and O–H groups in total. The molecule has 42 heavy (non-hydrogen) atoms. The zero-order valence-electron chi connectivity index (χ0n) is 24.7. The monoisotopic (exact) mass is 579 g/mol. The standard InChI is InChI=1S/C30H41N7O5/c1-19(2)26-29(41)31-13-9-15-37(30(42)24-18-32-20(3)17-33-24)14-8-12-25(38)35-23(16-22-10-6-5-7-11-22)28(40)34-21(4)27(39)36-26/h5-7,10-11,17-19,21,23,26H,8-9,12-16H2,1-4H3,(H,31,41)(H,34,40)(H,35,38)(H,36,39)/t21-,23+,26-/m1/s1. The molecule has 5 amide bonds. The van der Waals surface area contributed by atoms with Crippen LogP contribution in [0.1, 0.15) is 61.8 Å². The number of nitrogens with one attached hydrogen (secondary N) is 4. The highest BCUT2D eigenvalue weighted by molar-refractivity contribution is 5.94. The van der Waals surface area contributed by atoms with Gasteiger partial charge in [-0.2, -0.15) is 0 Å². The zero-order valence-corrected chi connectivity index (χ0v) is 24.7. The van der Waals surface area contributed by atoms with Crippen molar-refractivity contribution in [3.8, 4) is 0 Å². The zero-order chi connectivity index (χ0) is 30.6. The van der Waals surface area contributed by atoms with Crippen LogP contribution in [-0.4, -0.2) is 82.2 Å². The maximum Gasteiger partial charge on any atom is 0.274 e. The molecule has 1 saturated heterocycles. The molecule has 2 aromatic rings. The minimum Gasteiger partial charge on any atom is -0.354 e. The normalized spacial score (nSPS) is 21.8. The van der Waals surface area contributed by atoms with Crippen molar-refractivity contribution in [3.05, 3.63) is 59.7 Å². The minimum atomic E-state index is -0.940. The lowest BCUT2D eigenvalue weighted by atomic mass is 10.0. The number of hydrogen-bond donors (Lipinski definition) is 4. The highest BCUT2D eigenvalue weighted by Crippen LogP contribution is 2.09. The van der Waals surface area contributed by atoms with Crippen molar-refractivity contribution in [2.24, 2.45) is 5.92 Å². The van der Waals surface area contributed by atoms with Crippen molar-refractivity contribution in [1.82, 2.24) is 36.1 Å². The molecule has 0 unspecified atom stereocenters. The Morgan fingerprint density at radius 1 is 0.929 bits per heavy atom. The number of benzene rings is 1. The molecule has 1 aromatic heterocycles. The summed E-state index contributed by atoms with van der Waals surface area (Å²) in [7, 11) is 0. The van der Waals surface area contributed by atoms with Crippen molar-refractivity contribution in [3.63, 3.8) is 0 Å². The first kappa shape index (κ1) is 32.2. The summed E-state index contributed by atoms with van der Waals surface area (Å²) in [6.45, 7) is 7.79. The molecule has 1 fully saturated rings. The Kier molecular flexibility index (Phi) is 11.9. The third kappa shape index (κ3) is 9.64. The van der Waals surface area contributed by atoms with E-state index in [1.54, 1.807) is 11.8 Å². The van der Waals surface area contributed by atoms with Gasteiger partial charge in [0.05, 0.1) is 11.9 Å². The Bertz CT molecular complexity index is 1240. The second-order valence-corrected chi connectivity index (χ2v) is 10.9. The second kappa shape index (κ2) is 15.6. The predicted molar refractivity (Wildman–Crippen MR) is 156 cm³/mol. The van der Waals surface area contributed by atoms with Gasteiger partial charge >= 0.3 is 0 Å². The van der Waals surface area contributed by atoms with Gasteiger partial charge < -0.3 is 26.2 Å². The Balaban J connectivity index is 1.82. The van der Waals surface area contributed by atoms with E-state index in [2.05, 4.69) is 31.2 Å². The summed E-state index contributed by atoms with van der Waals surface area (Å²) < 4.78 is 0. The van der Waals surface area contributed by atoms with E-state index >= 15 is 0 Å². The van der Waals surface area contributed by atoms with Gasteiger partial charge in [0.2, 0.25) is 23.6 Å². The second-order valence-electron chi connectivity index (χ2n) is 10.9. The molecule has 0 spiro atoms. The van der Waals surface area contributed by atoms with Gasteiger partial charge in [-0.3, -0.25) is 29.0 Å². The van der Waals surface area contributed by atoms with E-state index < -0.39 is 29.9 Å². The Morgan fingerprint density at radius 3 is 2.31 bits per heavy atom. The van der Waals surface area contributed by atoms with Crippen molar-refractivity contribution < 1.29 is 24.0 Å². The fraction of sp³-hybridized carbons (Fsp3) is 0.500. The summed E-state index contributed by atoms with van der Waals surface area (Å²) in [5, 5.41) is 11.1. The number of carbonyl (C=O) groups excluding carboxylic acids is 5. The number of nitrogens with zero attached hydrogens (tertiary/aromatic N) is 3. The molecule has 1 aromatic carbocycles. The van der Waals surface area contributed by atoms with E-state index in [-0.39, 0.29) is 55.3 Å². The lowest BCUT2D eigenvalue weighted by Crippen LogP contribution is -2.57. The first-order valence-corrected chi connectivity index (χ1v) is 14.3. The average molecular weight is 580 g/mol. The SMILES string of the molecule is Cc1cnc(C(=O)N2CCCNC(=O)[C@@H](C(C)C)NC(=O)[C@@H](C)NC(=O)[C@H](Cc3ccccc3)NC(=O)CCC2)cn1. The van der Waals surface area contributed by atoms with Crippen molar-refractivity contribution in [2.75, 3.05) is 19.6 Å². The maximum atomic E-state index is 13.3. The third-order valence-corrected chi connectivity index (χ3v) is 6.96. The number of rotatable bonds is 4. The summed E-state index contributed by atoms with van der Waals surface area (Å²) in [6, 6.07) is 6.55. The van der Waals surface area contributed by atoms with Gasteiger partial charge in [-0.1, -0.05) is 44.2 Å². The lowest BCUT2D eigenvalue weighted by molar-refractivity contribution is -0.134. The molecule has 1 aliphatic heterocycles. The Labute approximate surface area is 246 Å². The topological polar surface area (TPSA) is 162 Å². The van der Waals surface area contributed by atoms with Crippen molar-refractivity contribution in [2.45, 2.75) is 71.5 Å². The summed E-state index contributed by atoms with van der Waals surface area (Å²) >= 11 is 0. The molecule has 226 valence electrons. The van der Waals surface area contributed by atoms with Gasteiger partial charge in [0, 0.05) is 38.7 Å². The number of aryl methyl sites for hydroxylation is 1. The van der Waals surface area contributed by atoms with Crippen LogP contribution in [0.25, 0.3) is 0 Å². The lowest BCUT2D eigenvalue weighted by Gasteiger charge is -2.26. The molecule has 0 saturated carbocycles. The molecular weight excluding hydrogens is 538 g/mol. The van der Waals surface area contributed by atoms with Gasteiger partial charge in [-0.15, -0.1) is 0 Å². The number of aromatic nitrogens is 2. The van der Waals surface area contributed by atoms with Crippen molar-refractivity contribution in [1.29, 1.82) is 0 Å².